The maximum atomic E-state index is 4.40. The number of hydrogen-bond acceptors (Lipinski definition) is 3. The predicted octanol–water partition coefficient (Wildman–Crippen LogP) is 2.09. The van der Waals surface area contributed by atoms with E-state index in [0.29, 0.717) is 0 Å². The number of hydrogen-bond donors (Lipinski definition) is 1. The molecule has 2 heterocycles. The maximum Gasteiger partial charge on any atom is 0.160 e. The SMILES string of the molecule is CCCCCc1nc2cncnc2[nH]1. The molecule has 0 aliphatic heterocycles. The van der Waals surface area contributed by atoms with Gasteiger partial charge in [-0.25, -0.2) is 15.0 Å². The predicted molar refractivity (Wildman–Crippen MR) is 54.9 cm³/mol. The molecule has 0 amide bonds. The lowest BCUT2D eigenvalue weighted by Gasteiger charge is -1.93. The summed E-state index contributed by atoms with van der Waals surface area (Å²) in [5.41, 5.74) is 1.70. The Balaban J connectivity index is 2.11. The van der Waals surface area contributed by atoms with Crippen LogP contribution >= 0.6 is 0 Å². The molecule has 0 unspecified atom stereocenters. The monoisotopic (exact) mass is 190 g/mol. The molecule has 74 valence electrons. The van der Waals surface area contributed by atoms with Crippen LogP contribution in [0.2, 0.25) is 0 Å². The smallest absolute Gasteiger partial charge is 0.160 e. The second kappa shape index (κ2) is 4.17. The molecular weight excluding hydrogens is 176 g/mol. The van der Waals surface area contributed by atoms with Gasteiger partial charge in [-0.1, -0.05) is 19.8 Å². The Morgan fingerprint density at radius 1 is 1.36 bits per heavy atom. The van der Waals surface area contributed by atoms with Crippen LogP contribution in [-0.4, -0.2) is 19.9 Å². The molecule has 14 heavy (non-hydrogen) atoms. The number of aromatic amines is 1. The van der Waals surface area contributed by atoms with Crippen LogP contribution in [0.5, 0.6) is 0 Å². The number of rotatable bonds is 4. The third-order valence-electron chi connectivity index (χ3n) is 2.23. The molecule has 0 fully saturated rings. The van der Waals surface area contributed by atoms with Crippen LogP contribution in [0.1, 0.15) is 32.0 Å². The highest BCUT2D eigenvalue weighted by atomic mass is 15.0. The summed E-state index contributed by atoms with van der Waals surface area (Å²) in [5.74, 6) is 1.02. The fourth-order valence-electron chi connectivity index (χ4n) is 1.47. The first-order chi connectivity index (χ1) is 6.90. The van der Waals surface area contributed by atoms with Crippen molar-refractivity contribution in [1.29, 1.82) is 0 Å². The molecule has 4 heteroatoms. The molecular formula is C10H14N4. The number of aryl methyl sites for hydroxylation is 1. The lowest BCUT2D eigenvalue weighted by atomic mass is 10.2. The van der Waals surface area contributed by atoms with Crippen molar-refractivity contribution in [2.24, 2.45) is 0 Å². The zero-order chi connectivity index (χ0) is 9.80. The van der Waals surface area contributed by atoms with Gasteiger partial charge in [-0.3, -0.25) is 0 Å². The van der Waals surface area contributed by atoms with Crippen LogP contribution in [-0.2, 0) is 6.42 Å². The fraction of sp³-hybridized carbons (Fsp3) is 0.500. The Labute approximate surface area is 82.8 Å². The Kier molecular flexibility index (Phi) is 2.72. The highest BCUT2D eigenvalue weighted by molar-refractivity contribution is 5.68. The topological polar surface area (TPSA) is 54.5 Å². The van der Waals surface area contributed by atoms with Crippen LogP contribution in [0, 0.1) is 0 Å². The minimum Gasteiger partial charge on any atom is -0.327 e. The molecule has 0 radical (unpaired) electrons. The molecule has 1 N–H and O–H groups in total. The maximum absolute atomic E-state index is 4.40. The summed E-state index contributed by atoms with van der Waals surface area (Å²) in [4.78, 5) is 15.6. The molecule has 0 saturated heterocycles. The Hall–Kier alpha value is -1.45. The van der Waals surface area contributed by atoms with Crippen LogP contribution in [0.15, 0.2) is 12.5 Å². The average molecular weight is 190 g/mol. The van der Waals surface area contributed by atoms with Gasteiger partial charge in [0.2, 0.25) is 0 Å². The number of nitrogens with zero attached hydrogens (tertiary/aromatic N) is 3. The molecule has 2 aromatic rings. The molecule has 0 bridgehead atoms. The molecule has 2 aromatic heterocycles. The third kappa shape index (κ3) is 1.89. The lowest BCUT2D eigenvalue weighted by molar-refractivity contribution is 0.700. The van der Waals surface area contributed by atoms with E-state index in [1.54, 1.807) is 6.20 Å². The van der Waals surface area contributed by atoms with E-state index in [9.17, 15) is 0 Å². The minimum atomic E-state index is 0.839. The van der Waals surface area contributed by atoms with E-state index in [0.717, 1.165) is 23.4 Å². The molecule has 0 spiro atoms. The summed E-state index contributed by atoms with van der Waals surface area (Å²) in [6.45, 7) is 2.20. The van der Waals surface area contributed by atoms with Gasteiger partial charge in [0.05, 0.1) is 6.20 Å². The van der Waals surface area contributed by atoms with Gasteiger partial charge in [-0.15, -0.1) is 0 Å². The normalized spacial score (nSPS) is 10.9. The second-order valence-corrected chi connectivity index (χ2v) is 3.40. The highest BCUT2D eigenvalue weighted by Crippen LogP contribution is 2.08. The summed E-state index contributed by atoms with van der Waals surface area (Å²) in [6.07, 6.45) is 7.95. The van der Waals surface area contributed by atoms with Crippen molar-refractivity contribution < 1.29 is 0 Å². The number of nitrogens with one attached hydrogen (secondary N) is 1. The van der Waals surface area contributed by atoms with E-state index in [2.05, 4.69) is 26.9 Å². The first-order valence-corrected chi connectivity index (χ1v) is 5.04. The van der Waals surface area contributed by atoms with E-state index < -0.39 is 0 Å². The summed E-state index contributed by atoms with van der Waals surface area (Å²) in [6, 6.07) is 0. The van der Waals surface area contributed by atoms with Gasteiger partial charge in [0.1, 0.15) is 17.7 Å². The zero-order valence-electron chi connectivity index (χ0n) is 8.32. The van der Waals surface area contributed by atoms with Gasteiger partial charge in [0, 0.05) is 6.42 Å². The molecule has 0 aliphatic carbocycles. The van der Waals surface area contributed by atoms with Gasteiger partial charge in [-0.2, -0.15) is 0 Å². The molecule has 0 atom stereocenters. The second-order valence-electron chi connectivity index (χ2n) is 3.40. The quantitative estimate of drug-likeness (QED) is 0.751. The van der Waals surface area contributed by atoms with Crippen LogP contribution in [0.25, 0.3) is 11.2 Å². The van der Waals surface area contributed by atoms with Crippen LogP contribution in [0.4, 0.5) is 0 Å². The first kappa shape index (κ1) is 9.12. The van der Waals surface area contributed by atoms with Crippen LogP contribution < -0.4 is 0 Å². The summed E-state index contributed by atoms with van der Waals surface area (Å²) in [5, 5.41) is 0. The molecule has 0 aliphatic rings. The lowest BCUT2D eigenvalue weighted by Crippen LogP contribution is -1.87. The van der Waals surface area contributed by atoms with E-state index in [1.807, 2.05) is 0 Å². The highest BCUT2D eigenvalue weighted by Gasteiger charge is 2.02. The first-order valence-electron chi connectivity index (χ1n) is 5.04. The summed E-state index contributed by atoms with van der Waals surface area (Å²) < 4.78 is 0. The Morgan fingerprint density at radius 2 is 2.29 bits per heavy atom. The van der Waals surface area contributed by atoms with Gasteiger partial charge < -0.3 is 4.98 Å². The van der Waals surface area contributed by atoms with Crippen LogP contribution in [0.3, 0.4) is 0 Å². The van der Waals surface area contributed by atoms with Crippen molar-refractivity contribution in [3.63, 3.8) is 0 Å². The molecule has 2 rings (SSSR count). The van der Waals surface area contributed by atoms with Crippen molar-refractivity contribution in [1.82, 2.24) is 19.9 Å². The van der Waals surface area contributed by atoms with Gasteiger partial charge >= 0.3 is 0 Å². The number of unbranched alkanes of at least 4 members (excludes halogenated alkanes) is 2. The molecule has 0 saturated carbocycles. The number of H-pyrrole nitrogens is 1. The Bertz CT molecular complexity index is 374. The van der Waals surface area contributed by atoms with E-state index in [4.69, 9.17) is 0 Å². The number of fused-ring (bicyclic) bond motifs is 1. The number of aromatic nitrogens is 4. The summed E-state index contributed by atoms with van der Waals surface area (Å²) in [7, 11) is 0. The van der Waals surface area contributed by atoms with E-state index in [-0.39, 0.29) is 0 Å². The molecule has 0 aromatic carbocycles. The van der Waals surface area contributed by atoms with Crippen molar-refractivity contribution in [3.8, 4) is 0 Å². The van der Waals surface area contributed by atoms with Crippen molar-refractivity contribution >= 4 is 11.2 Å². The standard InChI is InChI=1S/C10H14N4/c1-2-3-4-5-9-13-8-6-11-7-12-10(8)14-9/h6-7H,2-5H2,1H3,(H,11,12,13,14). The Morgan fingerprint density at radius 3 is 3.07 bits per heavy atom. The average Bonchev–Trinajstić information content (AvgIpc) is 2.60. The van der Waals surface area contributed by atoms with E-state index >= 15 is 0 Å². The van der Waals surface area contributed by atoms with Crippen molar-refractivity contribution in [2.75, 3.05) is 0 Å². The van der Waals surface area contributed by atoms with Gasteiger partial charge in [0.15, 0.2) is 5.65 Å². The van der Waals surface area contributed by atoms with Crippen molar-refractivity contribution in [3.05, 3.63) is 18.3 Å². The van der Waals surface area contributed by atoms with Gasteiger partial charge in [0.25, 0.3) is 0 Å². The third-order valence-corrected chi connectivity index (χ3v) is 2.23. The minimum absolute atomic E-state index is 0.839. The fourth-order valence-corrected chi connectivity index (χ4v) is 1.47. The zero-order valence-corrected chi connectivity index (χ0v) is 8.32. The molecule has 4 nitrogen and oxygen atoms in total. The number of imidazole rings is 1. The summed E-state index contributed by atoms with van der Waals surface area (Å²) >= 11 is 0. The largest absolute Gasteiger partial charge is 0.327 e. The van der Waals surface area contributed by atoms with Gasteiger partial charge in [-0.05, 0) is 6.42 Å². The van der Waals surface area contributed by atoms with Crippen molar-refractivity contribution in [2.45, 2.75) is 32.6 Å². The van der Waals surface area contributed by atoms with E-state index in [1.165, 1.54) is 25.6 Å².